The molecule has 1 unspecified atom stereocenters. The third kappa shape index (κ3) is 2.98. The van der Waals surface area contributed by atoms with Gasteiger partial charge < -0.3 is 5.32 Å². The van der Waals surface area contributed by atoms with Gasteiger partial charge in [0.05, 0.1) is 4.92 Å². The summed E-state index contributed by atoms with van der Waals surface area (Å²) in [6.45, 7) is 0. The lowest BCUT2D eigenvalue weighted by atomic mass is 9.88. The van der Waals surface area contributed by atoms with Crippen LogP contribution in [-0.2, 0) is 12.8 Å². The van der Waals surface area contributed by atoms with Crippen molar-refractivity contribution in [1.29, 1.82) is 0 Å². The molecule has 0 aliphatic heterocycles. The maximum absolute atomic E-state index is 12.2. The number of nitro groups is 1. The Morgan fingerprint density at radius 1 is 1.14 bits per heavy atom. The average Bonchev–Trinajstić information content (AvgIpc) is 2.55. The Morgan fingerprint density at radius 2 is 1.91 bits per heavy atom. The van der Waals surface area contributed by atoms with E-state index in [-0.39, 0.29) is 22.6 Å². The van der Waals surface area contributed by atoms with Crippen LogP contribution in [0.5, 0.6) is 0 Å². The lowest BCUT2D eigenvalue weighted by Gasteiger charge is -2.25. The van der Waals surface area contributed by atoms with Gasteiger partial charge in [0.25, 0.3) is 11.6 Å². The number of carbonyl (C=O) groups excluding carboxylic acids is 1. The first-order chi connectivity index (χ1) is 10.6. The summed E-state index contributed by atoms with van der Waals surface area (Å²) >= 11 is 0. The van der Waals surface area contributed by atoms with Crippen molar-refractivity contribution in [2.24, 2.45) is 0 Å². The van der Waals surface area contributed by atoms with Crippen molar-refractivity contribution in [3.05, 3.63) is 75.3 Å². The van der Waals surface area contributed by atoms with Crippen molar-refractivity contribution < 1.29 is 9.72 Å². The van der Waals surface area contributed by atoms with Gasteiger partial charge in [-0.05, 0) is 42.5 Å². The highest BCUT2D eigenvalue weighted by atomic mass is 16.6. The molecule has 1 amide bonds. The smallest absolute Gasteiger partial charge is 0.269 e. The fraction of sp³-hybridized carbons (Fsp3) is 0.235. The lowest BCUT2D eigenvalue weighted by Crippen LogP contribution is -2.38. The van der Waals surface area contributed by atoms with Crippen molar-refractivity contribution in [1.82, 2.24) is 5.32 Å². The molecule has 0 aromatic heterocycles. The minimum Gasteiger partial charge on any atom is -0.349 e. The van der Waals surface area contributed by atoms with Gasteiger partial charge in [-0.15, -0.1) is 0 Å². The average molecular weight is 296 g/mol. The molecule has 0 spiro atoms. The topological polar surface area (TPSA) is 72.2 Å². The van der Waals surface area contributed by atoms with Crippen LogP contribution in [-0.4, -0.2) is 16.9 Å². The molecule has 0 saturated carbocycles. The molecule has 112 valence electrons. The first kappa shape index (κ1) is 14.3. The number of hydrogen-bond acceptors (Lipinski definition) is 3. The van der Waals surface area contributed by atoms with Crippen LogP contribution in [0.3, 0.4) is 0 Å². The summed E-state index contributed by atoms with van der Waals surface area (Å²) in [5.41, 5.74) is 2.83. The molecule has 22 heavy (non-hydrogen) atoms. The first-order valence-corrected chi connectivity index (χ1v) is 7.25. The predicted octanol–water partition coefficient (Wildman–Crippen LogP) is 2.88. The second-order valence-corrected chi connectivity index (χ2v) is 5.49. The molecule has 1 aliphatic rings. The highest BCUT2D eigenvalue weighted by molar-refractivity contribution is 5.94. The minimum atomic E-state index is -0.382. The standard InChI is InChI=1S/C17H16N2O3/c20-17(13-4-2-1-3-5-13)18-15-8-6-12-7-9-16(19(21)22)11-14(12)10-15/h1-5,7,9,11,15H,6,8,10H2,(H,18,20). The number of aryl methyl sites for hydroxylation is 1. The molecule has 3 rings (SSSR count). The number of benzene rings is 2. The molecule has 0 fully saturated rings. The number of hydrogen-bond donors (Lipinski definition) is 1. The van der Waals surface area contributed by atoms with Gasteiger partial charge in [0.15, 0.2) is 0 Å². The van der Waals surface area contributed by atoms with Crippen molar-refractivity contribution >= 4 is 11.6 Å². The summed E-state index contributed by atoms with van der Waals surface area (Å²) in [7, 11) is 0. The van der Waals surface area contributed by atoms with Crippen LogP contribution < -0.4 is 5.32 Å². The van der Waals surface area contributed by atoms with E-state index in [1.807, 2.05) is 24.3 Å². The number of nitrogens with one attached hydrogen (secondary N) is 1. The van der Waals surface area contributed by atoms with E-state index < -0.39 is 0 Å². The van der Waals surface area contributed by atoms with E-state index >= 15 is 0 Å². The fourth-order valence-electron chi connectivity index (χ4n) is 2.84. The van der Waals surface area contributed by atoms with Crippen LogP contribution in [0, 0.1) is 10.1 Å². The zero-order valence-electron chi connectivity index (χ0n) is 12.0. The SMILES string of the molecule is O=C(NC1CCc2ccc([N+](=O)[O-])cc2C1)c1ccccc1. The molecule has 2 aromatic carbocycles. The molecular weight excluding hydrogens is 280 g/mol. The monoisotopic (exact) mass is 296 g/mol. The molecule has 2 aromatic rings. The second-order valence-electron chi connectivity index (χ2n) is 5.49. The van der Waals surface area contributed by atoms with E-state index in [1.165, 1.54) is 0 Å². The third-order valence-electron chi connectivity index (χ3n) is 4.00. The molecule has 5 heteroatoms. The van der Waals surface area contributed by atoms with Crippen LogP contribution in [0.4, 0.5) is 5.69 Å². The van der Waals surface area contributed by atoms with E-state index in [1.54, 1.807) is 24.3 Å². The number of amides is 1. The van der Waals surface area contributed by atoms with E-state index in [0.29, 0.717) is 12.0 Å². The van der Waals surface area contributed by atoms with Gasteiger partial charge in [-0.1, -0.05) is 24.3 Å². The van der Waals surface area contributed by atoms with Gasteiger partial charge in [-0.2, -0.15) is 0 Å². The van der Waals surface area contributed by atoms with Crippen LogP contribution >= 0.6 is 0 Å². The van der Waals surface area contributed by atoms with Gasteiger partial charge >= 0.3 is 0 Å². The summed E-state index contributed by atoms with van der Waals surface area (Å²) in [6.07, 6.45) is 2.31. The Labute approximate surface area is 128 Å². The Hall–Kier alpha value is -2.69. The van der Waals surface area contributed by atoms with Crippen molar-refractivity contribution in [3.63, 3.8) is 0 Å². The van der Waals surface area contributed by atoms with Gasteiger partial charge in [0.2, 0.25) is 0 Å². The van der Waals surface area contributed by atoms with Gasteiger partial charge in [-0.3, -0.25) is 14.9 Å². The van der Waals surface area contributed by atoms with Gasteiger partial charge in [0, 0.05) is 23.7 Å². The van der Waals surface area contributed by atoms with E-state index in [0.717, 1.165) is 24.0 Å². The number of nitro benzene ring substituents is 1. The third-order valence-corrected chi connectivity index (χ3v) is 4.00. The van der Waals surface area contributed by atoms with E-state index in [4.69, 9.17) is 0 Å². The van der Waals surface area contributed by atoms with Crippen LogP contribution in [0.15, 0.2) is 48.5 Å². The Balaban J connectivity index is 1.72. The zero-order chi connectivity index (χ0) is 15.5. The highest BCUT2D eigenvalue weighted by Gasteiger charge is 2.22. The Morgan fingerprint density at radius 3 is 2.64 bits per heavy atom. The lowest BCUT2D eigenvalue weighted by molar-refractivity contribution is -0.384. The highest BCUT2D eigenvalue weighted by Crippen LogP contribution is 2.25. The molecule has 0 saturated heterocycles. The molecule has 0 radical (unpaired) electrons. The predicted molar refractivity (Wildman–Crippen MR) is 82.8 cm³/mol. The summed E-state index contributed by atoms with van der Waals surface area (Å²) in [5, 5.41) is 13.9. The largest absolute Gasteiger partial charge is 0.349 e. The molecule has 0 bridgehead atoms. The normalized spacial score (nSPS) is 16.6. The molecule has 5 nitrogen and oxygen atoms in total. The molecule has 1 atom stereocenters. The van der Waals surface area contributed by atoms with Gasteiger partial charge in [0.1, 0.15) is 0 Å². The molecular formula is C17H16N2O3. The van der Waals surface area contributed by atoms with Crippen LogP contribution in [0.2, 0.25) is 0 Å². The van der Waals surface area contributed by atoms with E-state index in [2.05, 4.69) is 5.32 Å². The van der Waals surface area contributed by atoms with Crippen molar-refractivity contribution in [2.45, 2.75) is 25.3 Å². The maximum atomic E-state index is 12.2. The Bertz CT molecular complexity index is 713. The van der Waals surface area contributed by atoms with Gasteiger partial charge in [-0.25, -0.2) is 0 Å². The van der Waals surface area contributed by atoms with E-state index in [9.17, 15) is 14.9 Å². The van der Waals surface area contributed by atoms with Crippen molar-refractivity contribution in [2.75, 3.05) is 0 Å². The molecule has 0 heterocycles. The summed E-state index contributed by atoms with van der Waals surface area (Å²) in [5.74, 6) is -0.0977. The van der Waals surface area contributed by atoms with Crippen LogP contribution in [0.1, 0.15) is 27.9 Å². The zero-order valence-corrected chi connectivity index (χ0v) is 12.0. The number of nitrogens with zero attached hydrogens (tertiary/aromatic N) is 1. The minimum absolute atomic E-state index is 0.0159. The molecule has 1 N–H and O–H groups in total. The summed E-state index contributed by atoms with van der Waals surface area (Å²) in [4.78, 5) is 22.7. The number of rotatable bonds is 3. The number of carbonyl (C=O) groups is 1. The second kappa shape index (κ2) is 5.97. The maximum Gasteiger partial charge on any atom is 0.269 e. The first-order valence-electron chi connectivity index (χ1n) is 7.25. The Kier molecular flexibility index (Phi) is 3.87. The summed E-state index contributed by atoms with van der Waals surface area (Å²) < 4.78 is 0. The van der Waals surface area contributed by atoms with Crippen LogP contribution in [0.25, 0.3) is 0 Å². The number of non-ortho nitro benzene ring substituents is 1. The fourth-order valence-corrected chi connectivity index (χ4v) is 2.84. The van der Waals surface area contributed by atoms with Crippen molar-refractivity contribution in [3.8, 4) is 0 Å². The molecule has 1 aliphatic carbocycles. The summed E-state index contributed by atoms with van der Waals surface area (Å²) in [6, 6.07) is 14.1. The number of fused-ring (bicyclic) bond motifs is 1. The quantitative estimate of drug-likeness (QED) is 0.699.